The average Bonchev–Trinajstić information content (AvgIpc) is 3.02. The second kappa shape index (κ2) is 7.90. The number of carboxylic acid groups (broad SMARTS) is 1. The van der Waals surface area contributed by atoms with Gasteiger partial charge in [0.05, 0.1) is 12.0 Å². The van der Waals surface area contributed by atoms with Crippen LogP contribution in [-0.4, -0.2) is 45.2 Å². The number of urea groups is 1. The molecular formula is C20H16ClF2N3O6. The number of carboxylic acids is 1. The van der Waals surface area contributed by atoms with Crippen LogP contribution < -0.4 is 14.8 Å². The minimum absolute atomic E-state index is 0.0771. The number of likely N-dealkylation sites (tertiary alicyclic amines) is 1. The highest BCUT2D eigenvalue weighted by Crippen LogP contribution is 2.42. The molecule has 168 valence electrons. The van der Waals surface area contributed by atoms with Crippen molar-refractivity contribution in [2.75, 3.05) is 0 Å². The molecule has 1 aromatic heterocycles. The molecule has 3 amide bonds. The summed E-state index contributed by atoms with van der Waals surface area (Å²) in [6, 6.07) is 4.07. The van der Waals surface area contributed by atoms with E-state index >= 15 is 0 Å². The predicted octanol–water partition coefficient (Wildman–Crippen LogP) is 2.98. The van der Waals surface area contributed by atoms with Crippen LogP contribution in [0.4, 0.5) is 13.6 Å². The Morgan fingerprint density at radius 3 is 2.69 bits per heavy atom. The van der Waals surface area contributed by atoms with E-state index < -0.39 is 42.2 Å². The minimum Gasteiger partial charge on any atom is -0.480 e. The first-order chi connectivity index (χ1) is 15.1. The summed E-state index contributed by atoms with van der Waals surface area (Å²) in [7, 11) is 0. The lowest BCUT2D eigenvalue weighted by atomic mass is 9.82. The molecule has 0 bridgehead atoms. The maximum Gasteiger partial charge on any atom is 0.586 e. The Hall–Kier alpha value is -3.47. The van der Waals surface area contributed by atoms with E-state index in [9.17, 15) is 28.3 Å². The molecule has 3 atom stereocenters. The number of alkyl halides is 2. The van der Waals surface area contributed by atoms with Crippen molar-refractivity contribution in [3.05, 3.63) is 52.8 Å². The molecule has 2 aliphatic rings. The lowest BCUT2D eigenvalue weighted by molar-refractivity contribution is -0.286. The van der Waals surface area contributed by atoms with Crippen LogP contribution >= 0.6 is 11.6 Å². The van der Waals surface area contributed by atoms with Gasteiger partial charge in [-0.25, -0.2) is 19.5 Å². The first kappa shape index (κ1) is 21.8. The molecule has 2 aliphatic heterocycles. The molecule has 12 heteroatoms. The van der Waals surface area contributed by atoms with Gasteiger partial charge in [-0.3, -0.25) is 4.79 Å². The Morgan fingerprint density at radius 1 is 1.28 bits per heavy atom. The molecule has 1 saturated heterocycles. The Morgan fingerprint density at radius 2 is 2.00 bits per heavy atom. The van der Waals surface area contributed by atoms with Crippen molar-refractivity contribution in [2.24, 2.45) is 5.92 Å². The van der Waals surface area contributed by atoms with Crippen LogP contribution in [0.5, 0.6) is 11.5 Å². The topological polar surface area (TPSA) is 118 Å². The highest BCUT2D eigenvalue weighted by Gasteiger charge is 2.54. The zero-order valence-electron chi connectivity index (χ0n) is 16.4. The molecule has 0 saturated carbocycles. The molecule has 1 aromatic carbocycles. The summed E-state index contributed by atoms with van der Waals surface area (Å²) in [5.74, 6) is -3.28. The first-order valence-electron chi connectivity index (χ1n) is 9.42. The van der Waals surface area contributed by atoms with Crippen molar-refractivity contribution in [1.82, 2.24) is 15.2 Å². The summed E-state index contributed by atoms with van der Waals surface area (Å²) in [4.78, 5) is 41.4. The molecule has 2 N–H and O–H groups in total. The standard InChI is InChI=1S/C20H16ClF2N3O6/c1-9(11-2-3-13-14(8-11)32-20(22,23)31-13)25-19(30)26-16(18(28)29)12(17(26)27)6-10-4-5-24-15(21)7-10/h2-5,7-9,12,16H,6H2,1H3,(H,25,30)(H,28,29)/t9?,12-,16?/m1/s1. The van der Waals surface area contributed by atoms with E-state index in [1.54, 1.807) is 13.0 Å². The average molecular weight is 468 g/mol. The Kier molecular flexibility index (Phi) is 5.37. The quantitative estimate of drug-likeness (QED) is 0.512. The van der Waals surface area contributed by atoms with E-state index in [1.807, 2.05) is 0 Å². The SMILES string of the molecule is CC(NC(=O)N1C(=O)[C@H](Cc2ccnc(Cl)c2)C1C(=O)O)c1ccc2c(c1)OC(F)(F)O2. The number of nitrogens with zero attached hydrogens (tertiary/aromatic N) is 2. The van der Waals surface area contributed by atoms with E-state index in [0.29, 0.717) is 16.0 Å². The Balaban J connectivity index is 1.45. The summed E-state index contributed by atoms with van der Waals surface area (Å²) in [5.41, 5.74) is 1.00. The van der Waals surface area contributed by atoms with Crippen molar-refractivity contribution in [3.63, 3.8) is 0 Å². The van der Waals surface area contributed by atoms with Crippen molar-refractivity contribution < 1.29 is 37.7 Å². The number of pyridine rings is 1. The lowest BCUT2D eigenvalue weighted by Crippen LogP contribution is -2.68. The van der Waals surface area contributed by atoms with E-state index in [1.165, 1.54) is 30.5 Å². The molecular weight excluding hydrogens is 452 g/mol. The Bertz CT molecular complexity index is 1110. The van der Waals surface area contributed by atoms with E-state index in [2.05, 4.69) is 19.8 Å². The number of hydrogen-bond acceptors (Lipinski definition) is 6. The van der Waals surface area contributed by atoms with Gasteiger partial charge < -0.3 is 19.9 Å². The van der Waals surface area contributed by atoms with E-state index in [-0.39, 0.29) is 23.1 Å². The number of fused-ring (bicyclic) bond motifs is 1. The molecule has 1 fully saturated rings. The third-order valence-corrected chi connectivity index (χ3v) is 5.40. The summed E-state index contributed by atoms with van der Waals surface area (Å²) >= 11 is 5.83. The number of hydrogen-bond donors (Lipinski definition) is 2. The van der Waals surface area contributed by atoms with Gasteiger partial charge in [0.1, 0.15) is 5.15 Å². The number of carbonyl (C=O) groups is 3. The van der Waals surface area contributed by atoms with Crippen LogP contribution in [-0.2, 0) is 16.0 Å². The zero-order valence-corrected chi connectivity index (χ0v) is 17.2. The van der Waals surface area contributed by atoms with Gasteiger partial charge in [-0.1, -0.05) is 17.7 Å². The summed E-state index contributed by atoms with van der Waals surface area (Å²) in [6.45, 7) is 1.55. The molecule has 9 nitrogen and oxygen atoms in total. The number of rotatable bonds is 5. The number of imide groups is 1. The smallest absolute Gasteiger partial charge is 0.480 e. The molecule has 3 heterocycles. The van der Waals surface area contributed by atoms with Gasteiger partial charge in [0.15, 0.2) is 17.5 Å². The molecule has 0 aliphatic carbocycles. The van der Waals surface area contributed by atoms with Gasteiger partial charge in [-0.15, -0.1) is 8.78 Å². The first-order valence-corrected chi connectivity index (χ1v) is 9.80. The normalized spacial score (nSPS) is 21.6. The molecule has 32 heavy (non-hydrogen) atoms. The molecule has 2 unspecified atom stereocenters. The number of β-lactam (4-membered cyclic amide) rings is 1. The maximum atomic E-state index is 13.2. The largest absolute Gasteiger partial charge is 0.586 e. The molecule has 4 rings (SSSR count). The van der Waals surface area contributed by atoms with Gasteiger partial charge in [0, 0.05) is 6.20 Å². The Labute approximate surface area is 184 Å². The number of ether oxygens (including phenoxy) is 2. The van der Waals surface area contributed by atoms with Crippen molar-refractivity contribution >= 4 is 29.5 Å². The number of nitrogens with one attached hydrogen (secondary N) is 1. The van der Waals surface area contributed by atoms with Crippen LogP contribution in [0.1, 0.15) is 24.1 Å². The number of amides is 3. The van der Waals surface area contributed by atoms with E-state index in [0.717, 1.165) is 0 Å². The van der Waals surface area contributed by atoms with Crippen LogP contribution in [0.15, 0.2) is 36.5 Å². The molecule has 2 aromatic rings. The summed E-state index contributed by atoms with van der Waals surface area (Å²) in [5, 5.41) is 12.3. The minimum atomic E-state index is -3.78. The lowest BCUT2D eigenvalue weighted by Gasteiger charge is -2.43. The maximum absolute atomic E-state index is 13.2. The van der Waals surface area contributed by atoms with Crippen molar-refractivity contribution in [1.29, 1.82) is 0 Å². The third kappa shape index (κ3) is 4.03. The fourth-order valence-corrected chi connectivity index (χ4v) is 3.85. The van der Waals surface area contributed by atoms with Gasteiger partial charge in [-0.2, -0.15) is 0 Å². The third-order valence-electron chi connectivity index (χ3n) is 5.20. The van der Waals surface area contributed by atoms with E-state index in [4.69, 9.17) is 11.6 Å². The fraction of sp³-hybridized carbons (Fsp3) is 0.300. The fourth-order valence-electron chi connectivity index (χ4n) is 3.65. The van der Waals surface area contributed by atoms with Crippen LogP contribution in [0.3, 0.4) is 0 Å². The molecule has 0 spiro atoms. The van der Waals surface area contributed by atoms with Crippen molar-refractivity contribution in [3.8, 4) is 11.5 Å². The van der Waals surface area contributed by atoms with Gasteiger partial charge in [0.25, 0.3) is 0 Å². The summed E-state index contributed by atoms with van der Waals surface area (Å²) in [6.07, 6.45) is -2.27. The van der Waals surface area contributed by atoms with Gasteiger partial charge >= 0.3 is 18.3 Å². The highest BCUT2D eigenvalue weighted by atomic mass is 35.5. The number of aromatic nitrogens is 1. The number of aliphatic carboxylic acids is 1. The zero-order chi connectivity index (χ0) is 23.2. The van der Waals surface area contributed by atoms with Crippen LogP contribution in [0, 0.1) is 5.92 Å². The van der Waals surface area contributed by atoms with Crippen molar-refractivity contribution in [2.45, 2.75) is 31.7 Å². The van der Waals surface area contributed by atoms with Crippen LogP contribution in [0.25, 0.3) is 0 Å². The monoisotopic (exact) mass is 467 g/mol. The highest BCUT2D eigenvalue weighted by molar-refractivity contribution is 6.29. The number of halogens is 3. The second-order valence-electron chi connectivity index (χ2n) is 7.33. The number of benzene rings is 1. The summed E-state index contributed by atoms with van der Waals surface area (Å²) < 4.78 is 35.1. The number of carbonyl (C=O) groups excluding carboxylic acids is 2. The predicted molar refractivity (Wildman–Crippen MR) is 104 cm³/mol. The molecule has 0 radical (unpaired) electrons. The van der Waals surface area contributed by atoms with Gasteiger partial charge in [-0.05, 0) is 48.7 Å². The van der Waals surface area contributed by atoms with Crippen LogP contribution in [0.2, 0.25) is 5.15 Å². The van der Waals surface area contributed by atoms with Gasteiger partial charge in [0.2, 0.25) is 5.91 Å². The second-order valence-corrected chi connectivity index (χ2v) is 7.72.